The van der Waals surface area contributed by atoms with Crippen LogP contribution in [-0.4, -0.2) is 12.0 Å². The molecule has 0 heterocycles. The van der Waals surface area contributed by atoms with E-state index in [-0.39, 0.29) is 18.4 Å². The Bertz CT molecular complexity index is 1240. The third kappa shape index (κ3) is 6.51. The maximum absolute atomic E-state index is 15.6. The fraction of sp³-hybridized carbons (Fsp3) is 0.438. The second-order valence-corrected chi connectivity index (χ2v) is 10.6. The number of alkyl halides is 3. The van der Waals surface area contributed by atoms with Crippen molar-refractivity contribution in [1.82, 2.24) is 0 Å². The van der Waals surface area contributed by atoms with Crippen molar-refractivity contribution in [2.45, 2.75) is 83.1 Å². The van der Waals surface area contributed by atoms with Crippen LogP contribution >= 0.6 is 0 Å². The van der Waals surface area contributed by atoms with Crippen molar-refractivity contribution < 1.29 is 31.1 Å². The predicted molar refractivity (Wildman–Crippen MR) is 142 cm³/mol. The highest BCUT2D eigenvalue weighted by Gasteiger charge is 2.51. The molecule has 7 heteroatoms. The van der Waals surface area contributed by atoms with E-state index in [4.69, 9.17) is 4.74 Å². The number of ether oxygens (including phenoxy) is 1. The van der Waals surface area contributed by atoms with E-state index in [1.54, 1.807) is 24.3 Å². The minimum atomic E-state index is -4.89. The van der Waals surface area contributed by atoms with Gasteiger partial charge < -0.3 is 0 Å². The second kappa shape index (κ2) is 12.2. The van der Waals surface area contributed by atoms with Crippen LogP contribution in [0.3, 0.4) is 0 Å². The summed E-state index contributed by atoms with van der Waals surface area (Å²) in [7, 11) is 0. The summed E-state index contributed by atoms with van der Waals surface area (Å²) < 4.78 is 92.2. The first-order valence-corrected chi connectivity index (χ1v) is 13.7. The van der Waals surface area contributed by atoms with Crippen molar-refractivity contribution in [1.29, 1.82) is 0 Å². The van der Waals surface area contributed by atoms with Gasteiger partial charge in [0.25, 0.3) is 0 Å². The lowest BCUT2D eigenvalue weighted by Gasteiger charge is -2.47. The van der Waals surface area contributed by atoms with Crippen LogP contribution in [0.1, 0.15) is 76.7 Å². The number of halogens is 6. The van der Waals surface area contributed by atoms with Crippen molar-refractivity contribution in [2.24, 2.45) is 5.92 Å². The third-order valence-electron chi connectivity index (χ3n) is 8.12. The van der Waals surface area contributed by atoms with Crippen molar-refractivity contribution in [3.05, 3.63) is 83.7 Å². The van der Waals surface area contributed by atoms with Gasteiger partial charge in [0.1, 0.15) is 5.82 Å². The molecular formula is C32H34F6O. The first-order valence-electron chi connectivity index (χ1n) is 13.7. The zero-order valence-corrected chi connectivity index (χ0v) is 22.3. The highest BCUT2D eigenvalue weighted by molar-refractivity contribution is 5.71. The smallest absolute Gasteiger partial charge is 0.285 e. The highest BCUT2D eigenvalue weighted by Crippen LogP contribution is 2.51. The van der Waals surface area contributed by atoms with E-state index in [0.29, 0.717) is 31.2 Å². The van der Waals surface area contributed by atoms with E-state index >= 15 is 13.2 Å². The summed E-state index contributed by atoms with van der Waals surface area (Å²) >= 11 is 0. The maximum atomic E-state index is 15.6. The van der Waals surface area contributed by atoms with Gasteiger partial charge in [0.05, 0.1) is 5.60 Å². The average Bonchev–Trinajstić information content (AvgIpc) is 2.91. The van der Waals surface area contributed by atoms with E-state index < -0.39 is 46.8 Å². The molecule has 0 bridgehead atoms. The molecule has 0 aliphatic heterocycles. The molecule has 0 saturated heterocycles. The molecule has 1 aliphatic carbocycles. The van der Waals surface area contributed by atoms with E-state index in [9.17, 15) is 13.2 Å². The first kappa shape index (κ1) is 29.2. The molecule has 0 amide bonds. The van der Waals surface area contributed by atoms with Gasteiger partial charge in [-0.2, -0.15) is 0 Å². The summed E-state index contributed by atoms with van der Waals surface area (Å²) in [5.74, 6) is -5.37. The normalized spacial score (nSPS) is 20.7. The standard InChI is InChI=1S/C32H34F6O/c1-3-4-9-18-31(39-32(36,37)38)19-10-8-13-26(31)21(2)28-27(33)20-25(29(34)30(28)35)24-16-14-23(15-17-24)22-11-6-5-7-12-22/h5-7,11-12,14-17,20-21,26H,3-4,8-10,13,18-19H2,1-2H3. The Morgan fingerprint density at radius 1 is 0.872 bits per heavy atom. The van der Waals surface area contributed by atoms with Gasteiger partial charge in [-0.15, -0.1) is 13.2 Å². The lowest BCUT2D eigenvalue weighted by molar-refractivity contribution is -0.381. The van der Waals surface area contributed by atoms with Crippen LogP contribution in [0.2, 0.25) is 0 Å². The van der Waals surface area contributed by atoms with Gasteiger partial charge in [0.2, 0.25) is 0 Å². The van der Waals surface area contributed by atoms with Crippen molar-refractivity contribution in [3.63, 3.8) is 0 Å². The average molecular weight is 549 g/mol. The van der Waals surface area contributed by atoms with E-state index in [2.05, 4.69) is 0 Å². The van der Waals surface area contributed by atoms with E-state index in [1.165, 1.54) is 6.92 Å². The van der Waals surface area contributed by atoms with Crippen LogP contribution in [0.25, 0.3) is 22.3 Å². The van der Waals surface area contributed by atoms with E-state index in [0.717, 1.165) is 30.0 Å². The summed E-state index contributed by atoms with van der Waals surface area (Å²) in [5.41, 5.74) is -0.239. The van der Waals surface area contributed by atoms with Crippen LogP contribution in [0.4, 0.5) is 26.3 Å². The summed E-state index contributed by atoms with van der Waals surface area (Å²) in [5, 5.41) is 0. The van der Waals surface area contributed by atoms with Gasteiger partial charge in [0, 0.05) is 11.1 Å². The Balaban J connectivity index is 1.69. The van der Waals surface area contributed by atoms with Crippen LogP contribution in [0, 0.1) is 23.4 Å². The second-order valence-electron chi connectivity index (χ2n) is 10.6. The molecule has 0 aromatic heterocycles. The molecule has 3 unspecified atom stereocenters. The van der Waals surface area contributed by atoms with Crippen molar-refractivity contribution in [2.75, 3.05) is 0 Å². The molecule has 1 nitrogen and oxygen atoms in total. The number of hydrogen-bond donors (Lipinski definition) is 0. The number of hydrogen-bond acceptors (Lipinski definition) is 1. The molecule has 1 saturated carbocycles. The molecule has 3 aromatic carbocycles. The zero-order valence-electron chi connectivity index (χ0n) is 22.3. The molecule has 4 rings (SSSR count). The third-order valence-corrected chi connectivity index (χ3v) is 8.12. The van der Waals surface area contributed by atoms with E-state index in [1.807, 2.05) is 37.3 Å². The SMILES string of the molecule is CCCCCC1(OC(F)(F)F)CCCCC1C(C)c1c(F)cc(-c2ccc(-c3ccccc3)cc2)c(F)c1F. The molecule has 1 fully saturated rings. The van der Waals surface area contributed by atoms with Crippen molar-refractivity contribution >= 4 is 0 Å². The quantitative estimate of drug-likeness (QED) is 0.147. The number of rotatable bonds is 9. The van der Waals surface area contributed by atoms with Crippen LogP contribution in [0.15, 0.2) is 60.7 Å². The highest BCUT2D eigenvalue weighted by atomic mass is 19.4. The monoisotopic (exact) mass is 548 g/mol. The van der Waals surface area contributed by atoms with Crippen molar-refractivity contribution in [3.8, 4) is 22.3 Å². The maximum Gasteiger partial charge on any atom is 0.523 e. The predicted octanol–water partition coefficient (Wildman–Crippen LogP) is 10.6. The van der Waals surface area contributed by atoms with Gasteiger partial charge in [-0.1, -0.05) is 101 Å². The van der Waals surface area contributed by atoms with Gasteiger partial charge >= 0.3 is 6.36 Å². The Kier molecular flexibility index (Phi) is 9.10. The minimum Gasteiger partial charge on any atom is -0.285 e. The van der Waals surface area contributed by atoms with Crippen LogP contribution in [0.5, 0.6) is 0 Å². The zero-order chi connectivity index (χ0) is 28.2. The summed E-state index contributed by atoms with van der Waals surface area (Å²) in [6.07, 6.45) is -1.12. The fourth-order valence-electron chi connectivity index (χ4n) is 6.25. The topological polar surface area (TPSA) is 9.23 Å². The molecule has 3 aromatic rings. The van der Waals surface area contributed by atoms with Gasteiger partial charge in [0.15, 0.2) is 11.6 Å². The van der Waals surface area contributed by atoms with Gasteiger partial charge in [-0.25, -0.2) is 13.2 Å². The molecule has 0 spiro atoms. The molecule has 0 radical (unpaired) electrons. The molecule has 0 N–H and O–H groups in total. The summed E-state index contributed by atoms with van der Waals surface area (Å²) in [6.45, 7) is 3.43. The van der Waals surface area contributed by atoms with Crippen LogP contribution in [-0.2, 0) is 4.74 Å². The van der Waals surface area contributed by atoms with Gasteiger partial charge in [-0.05, 0) is 53.9 Å². The first-order chi connectivity index (χ1) is 18.6. The Hall–Kier alpha value is -2.80. The summed E-state index contributed by atoms with van der Waals surface area (Å²) in [4.78, 5) is 0. The molecule has 3 atom stereocenters. The Morgan fingerprint density at radius 2 is 1.51 bits per heavy atom. The molecular weight excluding hydrogens is 514 g/mol. The lowest BCUT2D eigenvalue weighted by atomic mass is 9.65. The van der Waals surface area contributed by atoms with Gasteiger partial charge in [-0.3, -0.25) is 4.74 Å². The summed E-state index contributed by atoms with van der Waals surface area (Å²) in [6, 6.07) is 17.1. The fourth-order valence-corrected chi connectivity index (χ4v) is 6.25. The molecule has 39 heavy (non-hydrogen) atoms. The minimum absolute atomic E-state index is 0.132. The lowest BCUT2D eigenvalue weighted by Crippen LogP contribution is -2.49. The molecule has 1 aliphatic rings. The molecule has 210 valence electrons. The largest absolute Gasteiger partial charge is 0.523 e. The number of unbranched alkanes of at least 4 members (excludes halogenated alkanes) is 2. The number of benzene rings is 3. The Morgan fingerprint density at radius 3 is 2.15 bits per heavy atom. The Labute approximate surface area is 226 Å². The van der Waals surface area contributed by atoms with Crippen LogP contribution < -0.4 is 0 Å².